The summed E-state index contributed by atoms with van der Waals surface area (Å²) in [6.45, 7) is 1.23. The lowest BCUT2D eigenvalue weighted by Crippen LogP contribution is -2.33. The van der Waals surface area contributed by atoms with Gasteiger partial charge in [-0.15, -0.1) is 0 Å². The molecule has 0 bridgehead atoms. The van der Waals surface area contributed by atoms with Crippen LogP contribution in [-0.2, 0) is 14.3 Å². The standard InChI is InChI=1S/C20H24N2O4/c23-18(21-12-15-7-4-10-26-15)13-5-3-6-14(11-13)22-19(24)16-8-1-2-9-17(16)20(22)25/h3,5-6,11,15-17H,1-2,4,7-10,12H2,(H,21,23)/t15-,16-,17+/m1/s1. The molecule has 3 aliphatic rings. The third-order valence-electron chi connectivity index (χ3n) is 5.72. The maximum atomic E-state index is 12.7. The highest BCUT2D eigenvalue weighted by Crippen LogP contribution is 2.40. The molecule has 1 saturated carbocycles. The number of ether oxygens (including phenoxy) is 1. The highest BCUT2D eigenvalue weighted by Gasteiger charge is 2.48. The molecule has 2 aliphatic heterocycles. The van der Waals surface area contributed by atoms with Crippen LogP contribution in [0.4, 0.5) is 5.69 Å². The Morgan fingerprint density at radius 2 is 1.81 bits per heavy atom. The van der Waals surface area contributed by atoms with E-state index in [9.17, 15) is 14.4 Å². The molecule has 1 aliphatic carbocycles. The zero-order valence-electron chi connectivity index (χ0n) is 14.8. The van der Waals surface area contributed by atoms with E-state index >= 15 is 0 Å². The topological polar surface area (TPSA) is 75.7 Å². The number of nitrogens with zero attached hydrogens (tertiary/aromatic N) is 1. The van der Waals surface area contributed by atoms with Gasteiger partial charge in [0.05, 0.1) is 23.6 Å². The van der Waals surface area contributed by atoms with E-state index in [2.05, 4.69) is 5.32 Å². The summed E-state index contributed by atoms with van der Waals surface area (Å²) in [6.07, 6.45) is 5.63. The van der Waals surface area contributed by atoms with Crippen LogP contribution in [0.5, 0.6) is 0 Å². The van der Waals surface area contributed by atoms with Crippen LogP contribution in [0.2, 0.25) is 0 Å². The minimum atomic E-state index is -0.209. The monoisotopic (exact) mass is 356 g/mol. The molecule has 0 aromatic heterocycles. The van der Waals surface area contributed by atoms with Crippen molar-refractivity contribution in [2.75, 3.05) is 18.1 Å². The molecule has 1 aromatic carbocycles. The smallest absolute Gasteiger partial charge is 0.251 e. The number of hydrogen-bond donors (Lipinski definition) is 1. The van der Waals surface area contributed by atoms with Gasteiger partial charge in [-0.05, 0) is 43.9 Å². The molecule has 3 amide bonds. The first-order valence-electron chi connectivity index (χ1n) is 9.53. The van der Waals surface area contributed by atoms with Gasteiger partial charge in [0.25, 0.3) is 5.91 Å². The molecule has 3 atom stereocenters. The molecule has 2 heterocycles. The Bertz CT molecular complexity index is 702. The molecule has 6 heteroatoms. The molecule has 3 fully saturated rings. The average molecular weight is 356 g/mol. The normalized spacial score (nSPS) is 28.3. The lowest BCUT2D eigenvalue weighted by molar-refractivity contribution is -0.122. The first-order valence-corrected chi connectivity index (χ1v) is 9.53. The van der Waals surface area contributed by atoms with Crippen molar-refractivity contribution in [3.63, 3.8) is 0 Å². The predicted octanol–water partition coefficient (Wildman–Crippen LogP) is 2.28. The van der Waals surface area contributed by atoms with E-state index in [1.807, 2.05) is 0 Å². The number of benzene rings is 1. The number of carbonyl (C=O) groups excluding carboxylic acids is 3. The maximum Gasteiger partial charge on any atom is 0.251 e. The van der Waals surface area contributed by atoms with Gasteiger partial charge in [0.15, 0.2) is 0 Å². The van der Waals surface area contributed by atoms with Gasteiger partial charge in [-0.1, -0.05) is 18.9 Å². The first kappa shape index (κ1) is 17.2. The van der Waals surface area contributed by atoms with E-state index < -0.39 is 0 Å². The van der Waals surface area contributed by atoms with Gasteiger partial charge in [-0.3, -0.25) is 19.3 Å². The van der Waals surface area contributed by atoms with Crippen LogP contribution in [0.25, 0.3) is 0 Å². The summed E-state index contributed by atoms with van der Waals surface area (Å²) in [5.74, 6) is -0.811. The van der Waals surface area contributed by atoms with Crippen molar-refractivity contribution in [1.29, 1.82) is 0 Å². The lowest BCUT2D eigenvalue weighted by Gasteiger charge is -2.19. The van der Waals surface area contributed by atoms with E-state index in [0.29, 0.717) is 17.8 Å². The van der Waals surface area contributed by atoms with Gasteiger partial charge >= 0.3 is 0 Å². The fourth-order valence-corrected chi connectivity index (χ4v) is 4.32. The largest absolute Gasteiger partial charge is 0.376 e. The minimum Gasteiger partial charge on any atom is -0.376 e. The van der Waals surface area contributed by atoms with E-state index in [-0.39, 0.29) is 35.7 Å². The second-order valence-corrected chi connectivity index (χ2v) is 7.40. The number of hydrogen-bond acceptors (Lipinski definition) is 4. The molecule has 1 aromatic rings. The molecule has 26 heavy (non-hydrogen) atoms. The van der Waals surface area contributed by atoms with Crippen LogP contribution in [0.1, 0.15) is 48.9 Å². The van der Waals surface area contributed by atoms with Crippen LogP contribution in [0.3, 0.4) is 0 Å². The molecule has 6 nitrogen and oxygen atoms in total. The van der Waals surface area contributed by atoms with E-state index in [4.69, 9.17) is 4.74 Å². The number of nitrogens with one attached hydrogen (secondary N) is 1. The zero-order valence-corrected chi connectivity index (χ0v) is 14.8. The molecular weight excluding hydrogens is 332 g/mol. The molecule has 1 N–H and O–H groups in total. The molecule has 0 unspecified atom stereocenters. The number of carbonyl (C=O) groups is 3. The summed E-state index contributed by atoms with van der Waals surface area (Å²) in [5, 5.41) is 2.88. The van der Waals surface area contributed by atoms with Gasteiger partial charge in [0, 0.05) is 18.7 Å². The van der Waals surface area contributed by atoms with Crippen LogP contribution < -0.4 is 10.2 Å². The number of imide groups is 1. The third kappa shape index (κ3) is 3.14. The van der Waals surface area contributed by atoms with Crippen molar-refractivity contribution in [1.82, 2.24) is 5.32 Å². The first-order chi connectivity index (χ1) is 12.6. The van der Waals surface area contributed by atoms with Gasteiger partial charge in [0.2, 0.25) is 11.8 Å². The van der Waals surface area contributed by atoms with Gasteiger partial charge in [0.1, 0.15) is 0 Å². The average Bonchev–Trinajstić information content (AvgIpc) is 3.27. The number of anilines is 1. The van der Waals surface area contributed by atoms with Crippen LogP contribution in [0.15, 0.2) is 24.3 Å². The van der Waals surface area contributed by atoms with Crippen molar-refractivity contribution in [3.05, 3.63) is 29.8 Å². The Kier molecular flexibility index (Phi) is 4.76. The summed E-state index contributed by atoms with van der Waals surface area (Å²) in [5.41, 5.74) is 0.954. The second kappa shape index (κ2) is 7.19. The quantitative estimate of drug-likeness (QED) is 0.840. The number of rotatable bonds is 4. The number of fused-ring (bicyclic) bond motifs is 1. The van der Waals surface area contributed by atoms with Crippen LogP contribution >= 0.6 is 0 Å². The Labute approximate surface area is 152 Å². The molecule has 2 saturated heterocycles. The molecule has 0 radical (unpaired) electrons. The van der Waals surface area contributed by atoms with Crippen molar-refractivity contribution in [2.24, 2.45) is 11.8 Å². The summed E-state index contributed by atoms with van der Waals surface area (Å²) < 4.78 is 5.51. The molecule has 4 rings (SSSR count). The van der Waals surface area contributed by atoms with Crippen LogP contribution in [0, 0.1) is 11.8 Å². The van der Waals surface area contributed by atoms with Gasteiger partial charge < -0.3 is 10.1 Å². The summed E-state index contributed by atoms with van der Waals surface area (Å²) >= 11 is 0. The summed E-state index contributed by atoms with van der Waals surface area (Å²) in [4.78, 5) is 39.2. The van der Waals surface area contributed by atoms with E-state index in [0.717, 1.165) is 45.1 Å². The third-order valence-corrected chi connectivity index (χ3v) is 5.72. The Hall–Kier alpha value is -2.21. The Morgan fingerprint density at radius 1 is 1.08 bits per heavy atom. The second-order valence-electron chi connectivity index (χ2n) is 7.40. The fraction of sp³-hybridized carbons (Fsp3) is 0.550. The molecular formula is C20H24N2O4. The zero-order chi connectivity index (χ0) is 18.1. The number of amides is 3. The molecule has 138 valence electrons. The summed E-state index contributed by atoms with van der Waals surface area (Å²) in [6, 6.07) is 6.78. The van der Waals surface area contributed by atoms with Crippen molar-refractivity contribution < 1.29 is 19.1 Å². The SMILES string of the molecule is O=C(NC[C@H]1CCCO1)c1cccc(N2C(=O)[C@H]3CCCC[C@H]3C2=O)c1. The lowest BCUT2D eigenvalue weighted by atomic mass is 9.81. The van der Waals surface area contributed by atoms with Gasteiger partial charge in [-0.2, -0.15) is 0 Å². The van der Waals surface area contributed by atoms with Crippen molar-refractivity contribution >= 4 is 23.4 Å². The highest BCUT2D eigenvalue weighted by atomic mass is 16.5. The Balaban J connectivity index is 1.49. The van der Waals surface area contributed by atoms with E-state index in [1.165, 1.54) is 4.90 Å². The maximum absolute atomic E-state index is 12.7. The van der Waals surface area contributed by atoms with Crippen LogP contribution in [-0.4, -0.2) is 37.0 Å². The van der Waals surface area contributed by atoms with Crippen molar-refractivity contribution in [2.45, 2.75) is 44.6 Å². The van der Waals surface area contributed by atoms with Gasteiger partial charge in [-0.25, -0.2) is 0 Å². The van der Waals surface area contributed by atoms with Crippen molar-refractivity contribution in [3.8, 4) is 0 Å². The summed E-state index contributed by atoms with van der Waals surface area (Å²) in [7, 11) is 0. The Morgan fingerprint density at radius 3 is 2.46 bits per heavy atom. The molecule has 0 spiro atoms. The fourth-order valence-electron chi connectivity index (χ4n) is 4.32. The minimum absolute atomic E-state index is 0.0759. The van der Waals surface area contributed by atoms with E-state index in [1.54, 1.807) is 24.3 Å². The highest BCUT2D eigenvalue weighted by molar-refractivity contribution is 6.22. The predicted molar refractivity (Wildman–Crippen MR) is 95.7 cm³/mol.